The number of rotatable bonds is 10. The van der Waals surface area contributed by atoms with E-state index in [2.05, 4.69) is 0 Å². The maximum absolute atomic E-state index is 11.7. The highest BCUT2D eigenvalue weighted by Gasteiger charge is 2.16. The molecule has 0 radical (unpaired) electrons. The van der Waals surface area contributed by atoms with Crippen molar-refractivity contribution >= 4 is 10.0 Å². The Morgan fingerprint density at radius 2 is 1.94 bits per heavy atom. The molecule has 0 heterocycles. The number of sulfonamides is 1. The Morgan fingerprint density at radius 1 is 1.25 bits per heavy atom. The van der Waals surface area contributed by atoms with Gasteiger partial charge in [0, 0.05) is 20.2 Å². The van der Waals surface area contributed by atoms with Gasteiger partial charge in [-0.1, -0.05) is 6.42 Å². The molecule has 0 atom stereocenters. The molecular weight excluding hydrogens is 228 g/mol. The van der Waals surface area contributed by atoms with Gasteiger partial charge in [0.15, 0.2) is 0 Å². The van der Waals surface area contributed by atoms with Crippen molar-refractivity contribution in [3.63, 3.8) is 0 Å². The monoisotopic (exact) mass is 252 g/mol. The molecule has 0 saturated carbocycles. The molecule has 98 valence electrons. The number of hydrogen-bond acceptors (Lipinski definition) is 4. The van der Waals surface area contributed by atoms with Crippen molar-refractivity contribution in [2.24, 2.45) is 5.73 Å². The molecule has 6 heteroatoms. The van der Waals surface area contributed by atoms with Crippen LogP contribution >= 0.6 is 0 Å². The second-order valence-corrected chi connectivity index (χ2v) is 5.88. The second kappa shape index (κ2) is 8.92. The van der Waals surface area contributed by atoms with Crippen LogP contribution in [0, 0.1) is 0 Å². The van der Waals surface area contributed by atoms with E-state index in [0.29, 0.717) is 19.7 Å². The number of nitrogens with zero attached hydrogens (tertiary/aromatic N) is 1. The Bertz CT molecular complexity index is 255. The fourth-order valence-corrected chi connectivity index (χ4v) is 2.31. The van der Waals surface area contributed by atoms with E-state index in [-0.39, 0.29) is 12.4 Å². The zero-order valence-electron chi connectivity index (χ0n) is 10.3. The fraction of sp³-hybridized carbons (Fsp3) is 1.00. The largest absolute Gasteiger partial charge is 0.381 e. The Kier molecular flexibility index (Phi) is 8.83. The van der Waals surface area contributed by atoms with Crippen LogP contribution in [-0.4, -0.2) is 51.8 Å². The third-order valence-electron chi connectivity index (χ3n) is 2.34. The molecule has 0 aromatic heterocycles. The average Bonchev–Trinajstić information content (AvgIpc) is 2.24. The van der Waals surface area contributed by atoms with Crippen LogP contribution in [-0.2, 0) is 14.8 Å². The highest BCUT2D eigenvalue weighted by atomic mass is 32.2. The smallest absolute Gasteiger partial charge is 0.216 e. The van der Waals surface area contributed by atoms with E-state index in [0.717, 1.165) is 19.3 Å². The molecule has 0 amide bonds. The van der Waals surface area contributed by atoms with Gasteiger partial charge in [0.25, 0.3) is 0 Å². The lowest BCUT2D eigenvalue weighted by Gasteiger charge is -2.16. The Hall–Kier alpha value is -0.170. The predicted octanol–water partition coefficient (Wildman–Crippen LogP) is 0.414. The average molecular weight is 252 g/mol. The van der Waals surface area contributed by atoms with Gasteiger partial charge in [-0.15, -0.1) is 0 Å². The Morgan fingerprint density at radius 3 is 2.50 bits per heavy atom. The molecule has 0 unspecified atom stereocenters. The van der Waals surface area contributed by atoms with Gasteiger partial charge < -0.3 is 10.5 Å². The summed E-state index contributed by atoms with van der Waals surface area (Å²) in [5.41, 5.74) is 5.36. The molecule has 0 bridgehead atoms. The first-order chi connectivity index (χ1) is 7.54. The van der Waals surface area contributed by atoms with E-state index in [1.807, 2.05) is 6.92 Å². The molecule has 0 aliphatic heterocycles. The summed E-state index contributed by atoms with van der Waals surface area (Å²) in [6.07, 6.45) is 2.79. The summed E-state index contributed by atoms with van der Waals surface area (Å²) >= 11 is 0. The summed E-state index contributed by atoms with van der Waals surface area (Å²) < 4.78 is 29.8. The molecule has 2 N–H and O–H groups in total. The van der Waals surface area contributed by atoms with Crippen molar-refractivity contribution in [3.05, 3.63) is 0 Å². The molecule has 16 heavy (non-hydrogen) atoms. The molecule has 0 aliphatic rings. The lowest BCUT2D eigenvalue weighted by atomic mass is 10.2. The van der Waals surface area contributed by atoms with Gasteiger partial charge in [0.1, 0.15) is 0 Å². The Labute approximate surface area is 99.0 Å². The normalized spacial score (nSPS) is 12.2. The van der Waals surface area contributed by atoms with Crippen LogP contribution in [0.4, 0.5) is 0 Å². The number of unbranched alkanes of at least 4 members (excludes halogenated alkanes) is 2. The summed E-state index contributed by atoms with van der Waals surface area (Å²) in [4.78, 5) is 0. The summed E-state index contributed by atoms with van der Waals surface area (Å²) in [5, 5.41) is 0. The Balaban J connectivity index is 3.81. The van der Waals surface area contributed by atoms with Crippen molar-refractivity contribution in [2.45, 2.75) is 26.2 Å². The number of ether oxygens (including phenoxy) is 1. The van der Waals surface area contributed by atoms with E-state index in [9.17, 15) is 8.42 Å². The van der Waals surface area contributed by atoms with Crippen LogP contribution in [0.25, 0.3) is 0 Å². The van der Waals surface area contributed by atoms with Crippen LogP contribution in [0.2, 0.25) is 0 Å². The van der Waals surface area contributed by atoms with E-state index in [1.165, 1.54) is 4.31 Å². The first-order valence-corrected chi connectivity index (χ1v) is 7.37. The lowest BCUT2D eigenvalue weighted by molar-refractivity contribution is 0.162. The highest BCUT2D eigenvalue weighted by molar-refractivity contribution is 7.89. The predicted molar refractivity (Wildman–Crippen MR) is 65.8 cm³/mol. The summed E-state index contributed by atoms with van der Waals surface area (Å²) in [7, 11) is -1.53. The summed E-state index contributed by atoms with van der Waals surface area (Å²) in [6, 6.07) is 0. The SMILES string of the molecule is CCOCCS(=O)(=O)N(C)CCCCCN. The zero-order valence-corrected chi connectivity index (χ0v) is 11.1. The lowest BCUT2D eigenvalue weighted by Crippen LogP contribution is -2.31. The van der Waals surface area contributed by atoms with E-state index >= 15 is 0 Å². The number of nitrogens with two attached hydrogens (primary N) is 1. The zero-order chi connectivity index (χ0) is 12.4. The first-order valence-electron chi connectivity index (χ1n) is 5.76. The van der Waals surface area contributed by atoms with Crippen LogP contribution in [0.15, 0.2) is 0 Å². The minimum absolute atomic E-state index is 0.0637. The minimum atomic E-state index is -3.14. The van der Waals surface area contributed by atoms with Crippen LogP contribution < -0.4 is 5.73 Å². The van der Waals surface area contributed by atoms with Crippen molar-refractivity contribution in [3.8, 4) is 0 Å². The van der Waals surface area contributed by atoms with Crippen molar-refractivity contribution < 1.29 is 13.2 Å². The van der Waals surface area contributed by atoms with E-state index in [4.69, 9.17) is 10.5 Å². The fourth-order valence-electron chi connectivity index (χ4n) is 1.26. The minimum Gasteiger partial charge on any atom is -0.381 e. The highest BCUT2D eigenvalue weighted by Crippen LogP contribution is 2.02. The molecule has 0 aromatic carbocycles. The van der Waals surface area contributed by atoms with Gasteiger partial charge in [-0.2, -0.15) is 0 Å². The standard InChI is InChI=1S/C10H24N2O3S/c1-3-15-9-10-16(13,14)12(2)8-6-4-5-7-11/h3-11H2,1-2H3. The summed E-state index contributed by atoms with van der Waals surface area (Å²) in [5.74, 6) is 0.0637. The van der Waals surface area contributed by atoms with Crippen molar-refractivity contribution in [1.82, 2.24) is 4.31 Å². The molecule has 0 fully saturated rings. The third kappa shape index (κ3) is 7.16. The van der Waals surface area contributed by atoms with Crippen LogP contribution in [0.3, 0.4) is 0 Å². The van der Waals surface area contributed by atoms with Gasteiger partial charge in [0.2, 0.25) is 10.0 Å². The third-order valence-corrected chi connectivity index (χ3v) is 4.16. The van der Waals surface area contributed by atoms with Gasteiger partial charge in [-0.25, -0.2) is 12.7 Å². The second-order valence-electron chi connectivity index (χ2n) is 3.68. The molecule has 0 rings (SSSR count). The van der Waals surface area contributed by atoms with Gasteiger partial charge >= 0.3 is 0 Å². The van der Waals surface area contributed by atoms with Crippen molar-refractivity contribution in [2.75, 3.05) is 39.1 Å². The molecule has 0 aliphatic carbocycles. The van der Waals surface area contributed by atoms with Gasteiger partial charge in [0.05, 0.1) is 12.4 Å². The van der Waals surface area contributed by atoms with E-state index < -0.39 is 10.0 Å². The van der Waals surface area contributed by atoms with Gasteiger partial charge in [-0.3, -0.25) is 0 Å². The van der Waals surface area contributed by atoms with Gasteiger partial charge in [-0.05, 0) is 26.3 Å². The summed E-state index contributed by atoms with van der Waals surface area (Å²) in [6.45, 7) is 3.90. The molecule has 0 saturated heterocycles. The quantitative estimate of drug-likeness (QED) is 0.572. The molecule has 0 spiro atoms. The maximum atomic E-state index is 11.7. The number of hydrogen-bond donors (Lipinski definition) is 1. The van der Waals surface area contributed by atoms with Crippen LogP contribution in [0.1, 0.15) is 26.2 Å². The molecular formula is C10H24N2O3S. The maximum Gasteiger partial charge on any atom is 0.216 e. The first kappa shape index (κ1) is 15.8. The van der Waals surface area contributed by atoms with E-state index in [1.54, 1.807) is 7.05 Å². The molecule has 5 nitrogen and oxygen atoms in total. The molecule has 0 aromatic rings. The van der Waals surface area contributed by atoms with Crippen LogP contribution in [0.5, 0.6) is 0 Å². The van der Waals surface area contributed by atoms with Crippen molar-refractivity contribution in [1.29, 1.82) is 0 Å². The topological polar surface area (TPSA) is 72.6 Å².